The first-order chi connectivity index (χ1) is 5.84. The third-order valence-electron chi connectivity index (χ3n) is 2.77. The van der Waals surface area contributed by atoms with Crippen LogP contribution in [0.1, 0.15) is 32.1 Å². The van der Waals surface area contributed by atoms with Gasteiger partial charge in [-0.2, -0.15) is 0 Å². The maximum Gasteiger partial charge on any atom is 0.0241 e. The van der Waals surface area contributed by atoms with Crippen molar-refractivity contribution in [2.24, 2.45) is 5.73 Å². The van der Waals surface area contributed by atoms with Gasteiger partial charge in [0.25, 0.3) is 0 Å². The smallest absolute Gasteiger partial charge is 0.0241 e. The van der Waals surface area contributed by atoms with Crippen molar-refractivity contribution in [1.29, 1.82) is 0 Å². The van der Waals surface area contributed by atoms with Gasteiger partial charge in [-0.05, 0) is 25.7 Å². The second kappa shape index (κ2) is 3.99. The van der Waals surface area contributed by atoms with E-state index in [4.69, 9.17) is 5.73 Å². The summed E-state index contributed by atoms with van der Waals surface area (Å²) >= 11 is 2.06. The van der Waals surface area contributed by atoms with E-state index in [0.29, 0.717) is 6.04 Å². The number of nitrogens with zero attached hydrogens (tertiary/aromatic N) is 1. The van der Waals surface area contributed by atoms with Crippen molar-refractivity contribution in [3.8, 4) is 0 Å². The van der Waals surface area contributed by atoms with Gasteiger partial charge in [-0.15, -0.1) is 0 Å². The third kappa shape index (κ3) is 2.15. The summed E-state index contributed by atoms with van der Waals surface area (Å²) in [6.07, 6.45) is 6.81. The SMILES string of the molecule is NC1CCCN(SC2CCC2)C1. The Hall–Kier alpha value is 0.270. The van der Waals surface area contributed by atoms with Gasteiger partial charge in [0.1, 0.15) is 0 Å². The lowest BCUT2D eigenvalue weighted by molar-refractivity contribution is 0.337. The van der Waals surface area contributed by atoms with Crippen molar-refractivity contribution >= 4 is 11.9 Å². The number of piperidine rings is 1. The van der Waals surface area contributed by atoms with E-state index in [2.05, 4.69) is 16.3 Å². The van der Waals surface area contributed by atoms with Gasteiger partial charge in [0.05, 0.1) is 0 Å². The molecule has 1 heterocycles. The number of hydrogen-bond acceptors (Lipinski definition) is 3. The highest BCUT2D eigenvalue weighted by atomic mass is 32.2. The number of nitrogens with two attached hydrogens (primary N) is 1. The van der Waals surface area contributed by atoms with Gasteiger partial charge in [0.15, 0.2) is 0 Å². The molecular weight excluding hydrogens is 168 g/mol. The molecule has 1 saturated carbocycles. The lowest BCUT2D eigenvalue weighted by atomic mass is 10.0. The van der Waals surface area contributed by atoms with Crippen LogP contribution >= 0.6 is 11.9 Å². The molecule has 1 aliphatic carbocycles. The Morgan fingerprint density at radius 2 is 2.00 bits per heavy atom. The minimum absolute atomic E-state index is 0.436. The van der Waals surface area contributed by atoms with Crippen molar-refractivity contribution < 1.29 is 0 Å². The van der Waals surface area contributed by atoms with E-state index in [1.54, 1.807) is 0 Å². The molecule has 0 aromatic rings. The Morgan fingerprint density at radius 1 is 1.17 bits per heavy atom. The molecule has 2 nitrogen and oxygen atoms in total. The third-order valence-corrected chi connectivity index (χ3v) is 4.17. The minimum Gasteiger partial charge on any atom is -0.327 e. The number of hydrogen-bond donors (Lipinski definition) is 1. The first kappa shape index (κ1) is 8.85. The number of rotatable bonds is 2. The van der Waals surface area contributed by atoms with E-state index in [1.807, 2.05) is 0 Å². The molecule has 0 aromatic carbocycles. The molecule has 3 heteroatoms. The summed E-state index contributed by atoms with van der Waals surface area (Å²) in [6.45, 7) is 2.37. The fourth-order valence-corrected chi connectivity index (χ4v) is 3.23. The van der Waals surface area contributed by atoms with Crippen molar-refractivity contribution in [1.82, 2.24) is 4.31 Å². The molecule has 0 spiro atoms. The zero-order chi connectivity index (χ0) is 8.39. The second-order valence-electron chi connectivity index (χ2n) is 3.95. The van der Waals surface area contributed by atoms with E-state index in [9.17, 15) is 0 Å². The van der Waals surface area contributed by atoms with Crippen LogP contribution in [0.4, 0.5) is 0 Å². The van der Waals surface area contributed by atoms with E-state index in [-0.39, 0.29) is 0 Å². The molecule has 12 heavy (non-hydrogen) atoms. The fourth-order valence-electron chi connectivity index (χ4n) is 1.76. The van der Waals surface area contributed by atoms with Crippen LogP contribution in [0.2, 0.25) is 0 Å². The molecular formula is C9H18N2S. The molecule has 70 valence electrons. The van der Waals surface area contributed by atoms with Gasteiger partial charge in [0, 0.05) is 24.4 Å². The summed E-state index contributed by atoms with van der Waals surface area (Å²) in [6, 6.07) is 0.436. The largest absolute Gasteiger partial charge is 0.327 e. The molecule has 2 aliphatic rings. The summed E-state index contributed by atoms with van der Waals surface area (Å²) < 4.78 is 2.48. The minimum atomic E-state index is 0.436. The predicted octanol–water partition coefficient (Wildman–Crippen LogP) is 1.61. The topological polar surface area (TPSA) is 29.3 Å². The maximum atomic E-state index is 5.91. The molecule has 1 saturated heterocycles. The van der Waals surface area contributed by atoms with E-state index >= 15 is 0 Å². The Bertz CT molecular complexity index is 147. The Kier molecular flexibility index (Phi) is 2.94. The zero-order valence-electron chi connectivity index (χ0n) is 7.54. The maximum absolute atomic E-state index is 5.91. The Balaban J connectivity index is 1.71. The highest BCUT2D eigenvalue weighted by molar-refractivity contribution is 7.97. The summed E-state index contributed by atoms with van der Waals surface area (Å²) in [7, 11) is 0. The summed E-state index contributed by atoms with van der Waals surface area (Å²) in [5, 5.41) is 0.926. The first-order valence-corrected chi connectivity index (χ1v) is 5.85. The molecule has 1 unspecified atom stereocenters. The normalized spacial score (nSPS) is 33.2. The van der Waals surface area contributed by atoms with Crippen molar-refractivity contribution in [2.75, 3.05) is 13.1 Å². The van der Waals surface area contributed by atoms with Crippen LogP contribution in [0, 0.1) is 0 Å². The van der Waals surface area contributed by atoms with Gasteiger partial charge in [-0.1, -0.05) is 18.4 Å². The van der Waals surface area contributed by atoms with Gasteiger partial charge in [-0.3, -0.25) is 0 Å². The molecule has 2 rings (SSSR count). The molecule has 1 atom stereocenters. The predicted molar refractivity (Wildman–Crippen MR) is 54.0 cm³/mol. The van der Waals surface area contributed by atoms with E-state index in [0.717, 1.165) is 11.8 Å². The van der Waals surface area contributed by atoms with E-state index in [1.165, 1.54) is 38.6 Å². The van der Waals surface area contributed by atoms with Crippen LogP contribution < -0.4 is 5.73 Å². The first-order valence-electron chi connectivity index (χ1n) is 5.02. The molecule has 2 N–H and O–H groups in total. The van der Waals surface area contributed by atoms with Crippen molar-refractivity contribution in [2.45, 2.75) is 43.4 Å². The summed E-state index contributed by atoms with van der Waals surface area (Å²) in [4.78, 5) is 0. The average Bonchev–Trinajstić information content (AvgIpc) is 1.97. The highest BCUT2D eigenvalue weighted by Gasteiger charge is 2.24. The monoisotopic (exact) mass is 186 g/mol. The molecule has 1 aliphatic heterocycles. The molecule has 2 fully saturated rings. The van der Waals surface area contributed by atoms with Gasteiger partial charge in [0.2, 0.25) is 0 Å². The Labute approximate surface area is 79.0 Å². The van der Waals surface area contributed by atoms with Crippen LogP contribution in [0.3, 0.4) is 0 Å². The summed E-state index contributed by atoms with van der Waals surface area (Å²) in [5.41, 5.74) is 5.91. The average molecular weight is 186 g/mol. The van der Waals surface area contributed by atoms with Crippen molar-refractivity contribution in [3.63, 3.8) is 0 Å². The fraction of sp³-hybridized carbons (Fsp3) is 1.00. The molecule has 0 aromatic heterocycles. The summed E-state index contributed by atoms with van der Waals surface area (Å²) in [5.74, 6) is 0. The van der Waals surface area contributed by atoms with Gasteiger partial charge < -0.3 is 5.73 Å². The second-order valence-corrected chi connectivity index (χ2v) is 5.34. The van der Waals surface area contributed by atoms with Crippen LogP contribution in [-0.4, -0.2) is 28.7 Å². The standard InChI is InChI=1S/C9H18N2S/c10-8-3-2-6-11(7-8)12-9-4-1-5-9/h8-9H,1-7,10H2. The van der Waals surface area contributed by atoms with E-state index < -0.39 is 0 Å². The van der Waals surface area contributed by atoms with Crippen LogP contribution in [0.5, 0.6) is 0 Å². The van der Waals surface area contributed by atoms with Gasteiger partial charge in [-0.25, -0.2) is 4.31 Å². The molecule has 0 bridgehead atoms. The highest BCUT2D eigenvalue weighted by Crippen LogP contribution is 2.34. The van der Waals surface area contributed by atoms with Crippen molar-refractivity contribution in [3.05, 3.63) is 0 Å². The van der Waals surface area contributed by atoms with Crippen LogP contribution in [0.25, 0.3) is 0 Å². The molecule has 0 radical (unpaired) electrons. The quantitative estimate of drug-likeness (QED) is 0.664. The van der Waals surface area contributed by atoms with Crippen LogP contribution in [-0.2, 0) is 0 Å². The lowest BCUT2D eigenvalue weighted by Crippen LogP contribution is -2.40. The molecule has 0 amide bonds. The zero-order valence-corrected chi connectivity index (χ0v) is 8.35. The Morgan fingerprint density at radius 3 is 2.58 bits per heavy atom. The van der Waals surface area contributed by atoms with Gasteiger partial charge >= 0.3 is 0 Å². The lowest BCUT2D eigenvalue weighted by Gasteiger charge is -2.35. The van der Waals surface area contributed by atoms with Crippen LogP contribution in [0.15, 0.2) is 0 Å².